The summed E-state index contributed by atoms with van der Waals surface area (Å²) in [6, 6.07) is 3.73. The number of rotatable bonds is 5. The number of hydrogen-bond donors (Lipinski definition) is 1. The number of hydrogen-bond acceptors (Lipinski definition) is 2. The fourth-order valence-electron chi connectivity index (χ4n) is 2.51. The third-order valence-corrected chi connectivity index (χ3v) is 3.55. The van der Waals surface area contributed by atoms with Crippen LogP contribution in [0.4, 0.5) is 0 Å². The summed E-state index contributed by atoms with van der Waals surface area (Å²) in [5.74, 6) is 1.86. The van der Waals surface area contributed by atoms with E-state index in [4.69, 9.17) is 0 Å². The maximum atomic E-state index is 12.1. The molecule has 2 rings (SSSR count). The average Bonchev–Trinajstić information content (AvgIpc) is 2.74. The van der Waals surface area contributed by atoms with Crippen LogP contribution in [0.5, 0.6) is 0 Å². The summed E-state index contributed by atoms with van der Waals surface area (Å²) in [5, 5.41) is 3.14. The second kappa shape index (κ2) is 5.59. The normalized spacial score (nSPS) is 11.9. The molecule has 0 bridgehead atoms. The van der Waals surface area contributed by atoms with Gasteiger partial charge in [0.15, 0.2) is 5.65 Å². The summed E-state index contributed by atoms with van der Waals surface area (Å²) in [6.07, 6.45) is 2.98. The Morgan fingerprint density at radius 3 is 2.53 bits per heavy atom. The highest BCUT2D eigenvalue weighted by molar-refractivity contribution is 5.41. The number of aromatic nitrogens is 3. The van der Waals surface area contributed by atoms with E-state index < -0.39 is 0 Å². The first-order valence-corrected chi connectivity index (χ1v) is 7.16. The van der Waals surface area contributed by atoms with E-state index in [0.717, 1.165) is 36.3 Å². The number of nitrogens with zero attached hydrogens (tertiary/aromatic N) is 2. The molecule has 1 N–H and O–H groups in total. The Kier molecular flexibility index (Phi) is 4.08. The van der Waals surface area contributed by atoms with Crippen LogP contribution in [0.15, 0.2) is 16.9 Å². The Hall–Kier alpha value is -1.58. The van der Waals surface area contributed by atoms with E-state index in [1.165, 1.54) is 0 Å². The van der Waals surface area contributed by atoms with Crippen molar-refractivity contribution < 1.29 is 0 Å². The third kappa shape index (κ3) is 2.88. The van der Waals surface area contributed by atoms with Crippen LogP contribution in [0.1, 0.15) is 57.8 Å². The van der Waals surface area contributed by atoms with Crippen LogP contribution >= 0.6 is 0 Å². The summed E-state index contributed by atoms with van der Waals surface area (Å²) < 4.78 is 1.55. The molecule has 0 aliphatic heterocycles. The van der Waals surface area contributed by atoms with Crippen LogP contribution in [-0.2, 0) is 6.42 Å². The number of pyridine rings is 1. The van der Waals surface area contributed by atoms with Crippen LogP contribution in [0.25, 0.3) is 5.65 Å². The molecule has 0 fully saturated rings. The Labute approximate surface area is 113 Å². The van der Waals surface area contributed by atoms with Gasteiger partial charge in [-0.3, -0.25) is 9.89 Å². The Morgan fingerprint density at radius 2 is 1.95 bits per heavy atom. The minimum absolute atomic E-state index is 0.0159. The highest BCUT2D eigenvalue weighted by Gasteiger charge is 2.13. The summed E-state index contributed by atoms with van der Waals surface area (Å²) in [4.78, 5) is 16.7. The van der Waals surface area contributed by atoms with Gasteiger partial charge in [0.1, 0.15) is 5.82 Å². The molecule has 0 spiro atoms. The lowest BCUT2D eigenvalue weighted by molar-refractivity contribution is 0.600. The standard InChI is InChI=1S/C15H23N3O/c1-5-12(6-2)15-16-13-8-11(7-10(3)4)9-14(19)18(13)17-15/h8-10,12H,5-7H2,1-4H3,(H,16,17). The van der Waals surface area contributed by atoms with Crippen molar-refractivity contribution in [2.24, 2.45) is 5.92 Å². The van der Waals surface area contributed by atoms with Gasteiger partial charge >= 0.3 is 0 Å². The van der Waals surface area contributed by atoms with Crippen LogP contribution in [0, 0.1) is 5.92 Å². The minimum Gasteiger partial charge on any atom is -0.276 e. The van der Waals surface area contributed by atoms with Crippen molar-refractivity contribution in [3.05, 3.63) is 33.9 Å². The zero-order valence-corrected chi connectivity index (χ0v) is 12.2. The molecule has 0 radical (unpaired) electrons. The van der Waals surface area contributed by atoms with Crippen molar-refractivity contribution in [3.63, 3.8) is 0 Å². The van der Waals surface area contributed by atoms with Crippen LogP contribution < -0.4 is 5.56 Å². The fraction of sp³-hybridized carbons (Fsp3) is 0.600. The zero-order chi connectivity index (χ0) is 14.0. The topological polar surface area (TPSA) is 50.2 Å². The predicted molar refractivity (Wildman–Crippen MR) is 77.7 cm³/mol. The molecule has 0 aliphatic rings. The Balaban J connectivity index is 2.47. The highest BCUT2D eigenvalue weighted by atomic mass is 16.1. The van der Waals surface area contributed by atoms with Gasteiger partial charge < -0.3 is 0 Å². The van der Waals surface area contributed by atoms with Crippen molar-refractivity contribution in [1.29, 1.82) is 0 Å². The molecule has 0 amide bonds. The van der Waals surface area contributed by atoms with E-state index in [1.54, 1.807) is 10.6 Å². The second-order valence-corrected chi connectivity index (χ2v) is 5.62. The van der Waals surface area contributed by atoms with Crippen molar-refractivity contribution in [2.75, 3.05) is 0 Å². The van der Waals surface area contributed by atoms with Crippen molar-refractivity contribution >= 4 is 5.65 Å². The maximum absolute atomic E-state index is 12.1. The Morgan fingerprint density at radius 1 is 1.26 bits per heavy atom. The molecule has 0 aliphatic carbocycles. The van der Waals surface area contributed by atoms with Gasteiger partial charge in [-0.05, 0) is 36.8 Å². The fourth-order valence-corrected chi connectivity index (χ4v) is 2.51. The largest absolute Gasteiger partial charge is 0.276 e. The van der Waals surface area contributed by atoms with Gasteiger partial charge in [-0.25, -0.2) is 9.50 Å². The smallest absolute Gasteiger partial charge is 0.271 e. The quantitative estimate of drug-likeness (QED) is 0.899. The molecular weight excluding hydrogens is 238 g/mol. The van der Waals surface area contributed by atoms with Gasteiger partial charge in [-0.2, -0.15) is 0 Å². The molecule has 2 aromatic heterocycles. The van der Waals surface area contributed by atoms with Gasteiger partial charge in [0.05, 0.1) is 0 Å². The van der Waals surface area contributed by atoms with Gasteiger partial charge in [0.2, 0.25) is 0 Å². The van der Waals surface area contributed by atoms with E-state index in [2.05, 4.69) is 37.8 Å². The molecule has 0 saturated carbocycles. The molecule has 0 aromatic carbocycles. The van der Waals surface area contributed by atoms with E-state index in [-0.39, 0.29) is 5.56 Å². The van der Waals surface area contributed by atoms with Gasteiger partial charge in [-0.1, -0.05) is 27.7 Å². The SMILES string of the molecule is CCC(CC)c1nc2cc(CC(C)C)cc(=O)n2[nH]1. The molecule has 0 unspecified atom stereocenters. The highest BCUT2D eigenvalue weighted by Crippen LogP contribution is 2.20. The van der Waals surface area contributed by atoms with Crippen molar-refractivity contribution in [2.45, 2.75) is 52.9 Å². The number of nitrogens with one attached hydrogen (secondary N) is 1. The monoisotopic (exact) mass is 261 g/mol. The van der Waals surface area contributed by atoms with Crippen molar-refractivity contribution in [1.82, 2.24) is 14.6 Å². The molecule has 0 saturated heterocycles. The Bertz CT molecular complexity index is 605. The van der Waals surface area contributed by atoms with E-state index >= 15 is 0 Å². The maximum Gasteiger partial charge on any atom is 0.271 e. The summed E-state index contributed by atoms with van der Waals surface area (Å²) in [7, 11) is 0. The molecule has 0 atom stereocenters. The summed E-state index contributed by atoms with van der Waals surface area (Å²) in [6.45, 7) is 8.60. The van der Waals surface area contributed by atoms with Crippen molar-refractivity contribution in [3.8, 4) is 0 Å². The van der Waals surface area contributed by atoms with Crippen LogP contribution in [0.3, 0.4) is 0 Å². The van der Waals surface area contributed by atoms with E-state index in [0.29, 0.717) is 11.8 Å². The summed E-state index contributed by atoms with van der Waals surface area (Å²) >= 11 is 0. The van der Waals surface area contributed by atoms with Gasteiger partial charge in [-0.15, -0.1) is 0 Å². The lowest BCUT2D eigenvalue weighted by atomic mass is 10.0. The van der Waals surface area contributed by atoms with E-state index in [9.17, 15) is 4.79 Å². The molecule has 2 aromatic rings. The molecule has 4 nitrogen and oxygen atoms in total. The van der Waals surface area contributed by atoms with Crippen LogP contribution in [-0.4, -0.2) is 14.6 Å². The predicted octanol–water partition coefficient (Wildman–Crippen LogP) is 3.12. The summed E-state index contributed by atoms with van der Waals surface area (Å²) in [5.41, 5.74) is 1.80. The van der Waals surface area contributed by atoms with E-state index in [1.807, 2.05) is 6.07 Å². The first kappa shape index (κ1) is 13.8. The molecule has 4 heteroatoms. The molecule has 2 heterocycles. The molecular formula is C15H23N3O. The lowest BCUT2D eigenvalue weighted by Gasteiger charge is -2.06. The average molecular weight is 261 g/mol. The van der Waals surface area contributed by atoms with Gasteiger partial charge in [0, 0.05) is 12.0 Å². The minimum atomic E-state index is -0.0159. The second-order valence-electron chi connectivity index (χ2n) is 5.62. The number of H-pyrrole nitrogens is 1. The molecule has 19 heavy (non-hydrogen) atoms. The first-order valence-electron chi connectivity index (χ1n) is 7.16. The zero-order valence-electron chi connectivity index (χ0n) is 12.2. The van der Waals surface area contributed by atoms with Crippen LogP contribution in [0.2, 0.25) is 0 Å². The number of aromatic amines is 1. The first-order chi connectivity index (χ1) is 9.05. The number of fused-ring (bicyclic) bond motifs is 1. The van der Waals surface area contributed by atoms with Gasteiger partial charge in [0.25, 0.3) is 5.56 Å². The lowest BCUT2D eigenvalue weighted by Crippen LogP contribution is -2.14. The molecule has 104 valence electrons. The third-order valence-electron chi connectivity index (χ3n) is 3.55.